The highest BCUT2D eigenvalue weighted by atomic mass is 35.5. The van der Waals surface area contributed by atoms with Crippen LogP contribution in [0.3, 0.4) is 0 Å². The SMILES string of the molecule is CCc1ccc(N(CCCC(=O)N(Cc2ccc(Cl)cc2)[C@H](Cc2ccccc2)C(=O)NC(C)C)S(C)(=O)=O)cc1. The van der Waals surface area contributed by atoms with Gasteiger partial charge in [0.05, 0.1) is 11.9 Å². The van der Waals surface area contributed by atoms with Crippen LogP contribution in [0.15, 0.2) is 78.9 Å². The predicted molar refractivity (Wildman–Crippen MR) is 166 cm³/mol. The molecule has 0 aliphatic carbocycles. The molecule has 0 radical (unpaired) electrons. The Kier molecular flexibility index (Phi) is 11.8. The van der Waals surface area contributed by atoms with E-state index < -0.39 is 16.1 Å². The zero-order valence-electron chi connectivity index (χ0n) is 24.2. The van der Waals surface area contributed by atoms with Gasteiger partial charge in [-0.15, -0.1) is 0 Å². The summed E-state index contributed by atoms with van der Waals surface area (Å²) in [4.78, 5) is 28.9. The van der Waals surface area contributed by atoms with E-state index in [0.717, 1.165) is 23.1 Å². The summed E-state index contributed by atoms with van der Waals surface area (Å²) >= 11 is 6.09. The monoisotopic (exact) mass is 597 g/mol. The summed E-state index contributed by atoms with van der Waals surface area (Å²) in [6, 6.07) is 23.4. The third-order valence-electron chi connectivity index (χ3n) is 6.75. The van der Waals surface area contributed by atoms with Gasteiger partial charge < -0.3 is 10.2 Å². The minimum absolute atomic E-state index is 0.0763. The number of nitrogens with one attached hydrogen (secondary N) is 1. The number of nitrogens with zero attached hydrogens (tertiary/aromatic N) is 2. The summed E-state index contributed by atoms with van der Waals surface area (Å²) in [5.74, 6) is -0.463. The van der Waals surface area contributed by atoms with Gasteiger partial charge in [-0.1, -0.05) is 73.1 Å². The van der Waals surface area contributed by atoms with Crippen LogP contribution in [0.1, 0.15) is 50.3 Å². The Bertz CT molecular complexity index is 1380. The molecule has 1 N–H and O–H groups in total. The number of carbonyl (C=O) groups excluding carboxylic acids is 2. The molecule has 3 rings (SSSR count). The minimum atomic E-state index is -3.56. The maximum atomic E-state index is 13.8. The lowest BCUT2D eigenvalue weighted by Crippen LogP contribution is -2.51. The first-order valence-electron chi connectivity index (χ1n) is 13.9. The number of carbonyl (C=O) groups is 2. The van der Waals surface area contributed by atoms with Gasteiger partial charge in [-0.2, -0.15) is 0 Å². The van der Waals surface area contributed by atoms with Crippen molar-refractivity contribution in [2.75, 3.05) is 17.1 Å². The summed E-state index contributed by atoms with van der Waals surface area (Å²) in [6.07, 6.45) is 2.74. The molecular formula is C32H40ClN3O4S. The Hall–Kier alpha value is -3.36. The number of aryl methyl sites for hydroxylation is 1. The van der Waals surface area contributed by atoms with Gasteiger partial charge in [0, 0.05) is 37.0 Å². The number of sulfonamides is 1. The fraction of sp³-hybridized carbons (Fsp3) is 0.375. The van der Waals surface area contributed by atoms with E-state index in [1.807, 2.05) is 75.4 Å². The van der Waals surface area contributed by atoms with E-state index in [-0.39, 0.29) is 37.4 Å². The van der Waals surface area contributed by atoms with Crippen molar-refractivity contribution < 1.29 is 18.0 Å². The van der Waals surface area contributed by atoms with E-state index in [0.29, 0.717) is 23.6 Å². The molecule has 0 saturated carbocycles. The second kappa shape index (κ2) is 15.0. The maximum absolute atomic E-state index is 13.8. The fourth-order valence-electron chi connectivity index (χ4n) is 4.62. The molecule has 3 aromatic rings. The third kappa shape index (κ3) is 9.90. The number of hydrogen-bond donors (Lipinski definition) is 1. The molecule has 0 aromatic heterocycles. The Morgan fingerprint density at radius 1 is 0.878 bits per heavy atom. The van der Waals surface area contributed by atoms with E-state index in [9.17, 15) is 18.0 Å². The Morgan fingerprint density at radius 3 is 2.05 bits per heavy atom. The summed E-state index contributed by atoms with van der Waals surface area (Å²) in [6.45, 7) is 6.17. The van der Waals surface area contributed by atoms with Crippen molar-refractivity contribution in [3.05, 3.63) is 101 Å². The predicted octanol–water partition coefficient (Wildman–Crippen LogP) is 5.61. The number of rotatable bonds is 14. The summed E-state index contributed by atoms with van der Waals surface area (Å²) in [5.41, 5.74) is 3.45. The van der Waals surface area contributed by atoms with Crippen molar-refractivity contribution in [1.29, 1.82) is 0 Å². The van der Waals surface area contributed by atoms with E-state index in [4.69, 9.17) is 11.6 Å². The van der Waals surface area contributed by atoms with Gasteiger partial charge in [0.15, 0.2) is 0 Å². The molecule has 0 aliphatic heterocycles. The molecule has 0 unspecified atom stereocenters. The normalized spacial score (nSPS) is 12.1. The highest BCUT2D eigenvalue weighted by molar-refractivity contribution is 7.92. The van der Waals surface area contributed by atoms with Gasteiger partial charge in [-0.05, 0) is 67.6 Å². The van der Waals surface area contributed by atoms with Gasteiger partial charge in [0.2, 0.25) is 21.8 Å². The lowest BCUT2D eigenvalue weighted by molar-refractivity contribution is -0.141. The summed E-state index contributed by atoms with van der Waals surface area (Å²) < 4.78 is 26.6. The van der Waals surface area contributed by atoms with Crippen LogP contribution >= 0.6 is 11.6 Å². The average Bonchev–Trinajstić information content (AvgIpc) is 2.93. The molecule has 0 aliphatic rings. The number of anilines is 1. The third-order valence-corrected chi connectivity index (χ3v) is 8.20. The van der Waals surface area contributed by atoms with Crippen molar-refractivity contribution in [2.24, 2.45) is 0 Å². The standard InChI is InChI=1S/C32H40ClN3O4S/c1-5-25-15-19-29(20-16-25)36(41(4,39)40)21-9-12-31(37)35(23-27-13-17-28(33)18-14-27)30(32(38)34-24(2)3)22-26-10-7-6-8-11-26/h6-8,10-11,13-20,24,30H,5,9,12,21-23H2,1-4H3,(H,34,38)/t30-/m1/s1. The van der Waals surface area contributed by atoms with Crippen LogP contribution in [-0.4, -0.2) is 50.0 Å². The molecule has 220 valence electrons. The first-order chi connectivity index (χ1) is 19.5. The van der Waals surface area contributed by atoms with Crippen LogP contribution < -0.4 is 9.62 Å². The van der Waals surface area contributed by atoms with Crippen LogP contribution in [0.25, 0.3) is 0 Å². The maximum Gasteiger partial charge on any atom is 0.243 e. The largest absolute Gasteiger partial charge is 0.352 e. The molecule has 0 saturated heterocycles. The number of amides is 2. The van der Waals surface area contributed by atoms with Crippen LogP contribution in [0.2, 0.25) is 5.02 Å². The Morgan fingerprint density at radius 2 is 1.49 bits per heavy atom. The molecule has 41 heavy (non-hydrogen) atoms. The van der Waals surface area contributed by atoms with E-state index in [2.05, 4.69) is 5.32 Å². The second-order valence-corrected chi connectivity index (χ2v) is 12.8. The molecule has 1 atom stereocenters. The number of halogens is 1. The number of benzene rings is 3. The van der Waals surface area contributed by atoms with Crippen molar-refractivity contribution in [2.45, 2.75) is 65.1 Å². The topological polar surface area (TPSA) is 86.8 Å². The van der Waals surface area contributed by atoms with Crippen molar-refractivity contribution >= 4 is 39.1 Å². The lowest BCUT2D eigenvalue weighted by atomic mass is 10.0. The summed E-state index contributed by atoms with van der Waals surface area (Å²) in [5, 5.41) is 3.56. The van der Waals surface area contributed by atoms with Gasteiger partial charge in [0.25, 0.3) is 0 Å². The lowest BCUT2D eigenvalue weighted by Gasteiger charge is -2.32. The smallest absolute Gasteiger partial charge is 0.243 e. The molecule has 2 amide bonds. The highest BCUT2D eigenvalue weighted by Crippen LogP contribution is 2.21. The van der Waals surface area contributed by atoms with E-state index in [1.54, 1.807) is 29.2 Å². The number of hydrogen-bond acceptors (Lipinski definition) is 4. The Labute approximate surface area is 249 Å². The van der Waals surface area contributed by atoms with E-state index in [1.165, 1.54) is 10.6 Å². The van der Waals surface area contributed by atoms with Crippen LogP contribution in [-0.2, 0) is 39.0 Å². The first-order valence-corrected chi connectivity index (χ1v) is 16.2. The molecule has 0 bridgehead atoms. The molecule has 7 nitrogen and oxygen atoms in total. The molecular weight excluding hydrogens is 558 g/mol. The first kappa shape index (κ1) is 32.2. The molecule has 0 heterocycles. The average molecular weight is 598 g/mol. The highest BCUT2D eigenvalue weighted by Gasteiger charge is 2.31. The van der Waals surface area contributed by atoms with Gasteiger partial charge in [0.1, 0.15) is 6.04 Å². The zero-order valence-corrected chi connectivity index (χ0v) is 25.8. The van der Waals surface area contributed by atoms with Crippen LogP contribution in [0.4, 0.5) is 5.69 Å². The quantitative estimate of drug-likeness (QED) is 0.262. The molecule has 3 aromatic carbocycles. The van der Waals surface area contributed by atoms with Crippen LogP contribution in [0.5, 0.6) is 0 Å². The summed E-state index contributed by atoms with van der Waals surface area (Å²) in [7, 11) is -3.56. The van der Waals surface area contributed by atoms with Crippen molar-refractivity contribution in [3.8, 4) is 0 Å². The molecule has 0 spiro atoms. The second-order valence-electron chi connectivity index (χ2n) is 10.5. The zero-order chi connectivity index (χ0) is 30.0. The van der Waals surface area contributed by atoms with Gasteiger partial charge in [-0.3, -0.25) is 13.9 Å². The van der Waals surface area contributed by atoms with Gasteiger partial charge in [-0.25, -0.2) is 8.42 Å². The van der Waals surface area contributed by atoms with Crippen molar-refractivity contribution in [3.63, 3.8) is 0 Å². The van der Waals surface area contributed by atoms with Crippen LogP contribution in [0, 0.1) is 0 Å². The Balaban J connectivity index is 1.86. The molecule has 0 fully saturated rings. The van der Waals surface area contributed by atoms with E-state index >= 15 is 0 Å². The molecule has 9 heteroatoms. The van der Waals surface area contributed by atoms with Gasteiger partial charge >= 0.3 is 0 Å². The fourth-order valence-corrected chi connectivity index (χ4v) is 5.71. The van der Waals surface area contributed by atoms with Crippen molar-refractivity contribution in [1.82, 2.24) is 10.2 Å². The minimum Gasteiger partial charge on any atom is -0.352 e.